The van der Waals surface area contributed by atoms with Gasteiger partial charge in [-0.3, -0.25) is 9.69 Å². The molecule has 0 bridgehead atoms. The molecular weight excluding hydrogens is 376 g/mol. The van der Waals surface area contributed by atoms with E-state index in [0.717, 1.165) is 36.6 Å². The molecule has 3 heterocycles. The first-order valence-corrected chi connectivity index (χ1v) is 10.5. The number of amides is 1. The number of aromatic amines is 1. The van der Waals surface area contributed by atoms with Crippen molar-refractivity contribution < 1.29 is 9.53 Å². The monoisotopic (exact) mass is 402 g/mol. The first kappa shape index (κ1) is 19.0. The lowest BCUT2D eigenvalue weighted by molar-refractivity contribution is -0.0502. The second kappa shape index (κ2) is 8.05. The minimum atomic E-state index is -0.0292. The van der Waals surface area contributed by atoms with Gasteiger partial charge in [-0.15, -0.1) is 0 Å². The lowest BCUT2D eigenvalue weighted by Gasteiger charge is -2.35. The third-order valence-corrected chi connectivity index (χ3v) is 6.06. The largest absolute Gasteiger partial charge is 0.371 e. The molecule has 2 N–H and O–H groups in total. The number of carbonyl (C=O) groups is 1. The van der Waals surface area contributed by atoms with Crippen LogP contribution in [0, 0.1) is 6.92 Å². The number of morpholine rings is 1. The number of hydrogen-bond donors (Lipinski definition) is 2. The minimum Gasteiger partial charge on any atom is -0.371 e. The summed E-state index contributed by atoms with van der Waals surface area (Å²) in [5.74, 6) is 0.831. The van der Waals surface area contributed by atoms with Crippen molar-refractivity contribution in [3.63, 3.8) is 0 Å². The summed E-state index contributed by atoms with van der Waals surface area (Å²) in [6.07, 6.45) is 2.82. The highest BCUT2D eigenvalue weighted by Crippen LogP contribution is 2.30. The van der Waals surface area contributed by atoms with E-state index in [4.69, 9.17) is 4.74 Å². The fraction of sp³-hybridized carbons (Fsp3) is 0.333. The van der Waals surface area contributed by atoms with Crippen LogP contribution in [0.15, 0.2) is 60.8 Å². The highest BCUT2D eigenvalue weighted by Gasteiger charge is 2.38. The van der Waals surface area contributed by atoms with Gasteiger partial charge in [-0.25, -0.2) is 4.98 Å². The van der Waals surface area contributed by atoms with Gasteiger partial charge in [0.15, 0.2) is 0 Å². The maximum atomic E-state index is 12.9. The van der Waals surface area contributed by atoms with Crippen molar-refractivity contribution in [2.45, 2.75) is 31.5 Å². The van der Waals surface area contributed by atoms with E-state index >= 15 is 0 Å². The molecule has 5 rings (SSSR count). The third-order valence-electron chi connectivity index (χ3n) is 6.06. The summed E-state index contributed by atoms with van der Waals surface area (Å²) in [5.41, 5.74) is 3.77. The Kier molecular flexibility index (Phi) is 5.11. The van der Waals surface area contributed by atoms with Gasteiger partial charge in [0.25, 0.3) is 5.91 Å². The van der Waals surface area contributed by atoms with Crippen LogP contribution in [0.1, 0.15) is 34.3 Å². The van der Waals surface area contributed by atoms with Gasteiger partial charge in [0.2, 0.25) is 0 Å². The molecule has 6 nitrogen and oxygen atoms in total. The zero-order chi connectivity index (χ0) is 20.5. The first-order valence-electron chi connectivity index (χ1n) is 10.5. The molecule has 3 atom stereocenters. The molecule has 0 radical (unpaired) electrons. The molecule has 0 saturated carbocycles. The van der Waals surface area contributed by atoms with Crippen LogP contribution >= 0.6 is 0 Å². The van der Waals surface area contributed by atoms with Crippen LogP contribution in [0.3, 0.4) is 0 Å². The molecule has 0 aliphatic carbocycles. The molecule has 154 valence electrons. The maximum Gasteiger partial charge on any atom is 0.251 e. The Hall–Kier alpha value is -2.96. The Morgan fingerprint density at radius 1 is 1.17 bits per heavy atom. The van der Waals surface area contributed by atoms with Crippen molar-refractivity contribution in [2.75, 3.05) is 19.7 Å². The molecular formula is C24H26N4O2. The molecule has 0 spiro atoms. The zero-order valence-electron chi connectivity index (χ0n) is 17.0. The molecule has 2 aliphatic heterocycles. The second-order valence-corrected chi connectivity index (χ2v) is 8.21. The quantitative estimate of drug-likeness (QED) is 0.702. The van der Waals surface area contributed by atoms with E-state index in [1.54, 1.807) is 6.20 Å². The van der Waals surface area contributed by atoms with E-state index in [1.165, 1.54) is 5.56 Å². The smallest absolute Gasteiger partial charge is 0.251 e. The van der Waals surface area contributed by atoms with E-state index in [-0.39, 0.29) is 18.1 Å². The van der Waals surface area contributed by atoms with Crippen molar-refractivity contribution in [1.29, 1.82) is 0 Å². The van der Waals surface area contributed by atoms with Crippen LogP contribution in [0.5, 0.6) is 0 Å². The van der Waals surface area contributed by atoms with Crippen LogP contribution in [0.4, 0.5) is 0 Å². The number of nitrogens with one attached hydrogen (secondary N) is 2. The molecule has 2 aliphatic rings. The van der Waals surface area contributed by atoms with Crippen molar-refractivity contribution in [1.82, 2.24) is 20.2 Å². The zero-order valence-corrected chi connectivity index (χ0v) is 17.0. The predicted octanol–water partition coefficient (Wildman–Crippen LogP) is 3.33. The average molecular weight is 402 g/mol. The standard InChI is InChI=1S/C24H26N4O2/c1-16-25-12-22(26-16)18-8-5-9-19(10-18)24(29)27-20-11-21-15-30-23(14-28(21)13-20)17-6-3-2-4-7-17/h2-10,12,20-21,23H,11,13-15H2,1H3,(H,25,26)(H,27,29)/t20-,21+,23-/m1/s1. The Labute approximate surface area is 176 Å². The number of ether oxygens (including phenoxy) is 1. The van der Waals surface area contributed by atoms with Crippen molar-refractivity contribution in [2.24, 2.45) is 0 Å². The highest BCUT2D eigenvalue weighted by molar-refractivity contribution is 5.95. The van der Waals surface area contributed by atoms with Crippen LogP contribution in [-0.4, -0.2) is 52.6 Å². The molecule has 2 saturated heterocycles. The van der Waals surface area contributed by atoms with E-state index in [0.29, 0.717) is 18.2 Å². The number of benzene rings is 2. The van der Waals surface area contributed by atoms with Crippen molar-refractivity contribution in [3.05, 3.63) is 77.7 Å². The number of hydrogen-bond acceptors (Lipinski definition) is 4. The van der Waals surface area contributed by atoms with E-state index < -0.39 is 0 Å². The Morgan fingerprint density at radius 3 is 2.83 bits per heavy atom. The van der Waals surface area contributed by atoms with Gasteiger partial charge in [0, 0.05) is 36.3 Å². The topological polar surface area (TPSA) is 70.2 Å². The average Bonchev–Trinajstić information content (AvgIpc) is 3.39. The number of aromatic nitrogens is 2. The predicted molar refractivity (Wildman–Crippen MR) is 115 cm³/mol. The fourth-order valence-corrected chi connectivity index (χ4v) is 4.51. The molecule has 1 aromatic heterocycles. The van der Waals surface area contributed by atoms with Crippen molar-refractivity contribution >= 4 is 5.91 Å². The number of imidazole rings is 1. The molecule has 30 heavy (non-hydrogen) atoms. The number of nitrogens with zero attached hydrogens (tertiary/aromatic N) is 2. The molecule has 6 heteroatoms. The number of H-pyrrole nitrogens is 1. The number of rotatable bonds is 4. The summed E-state index contributed by atoms with van der Waals surface area (Å²) in [6.45, 7) is 4.36. The van der Waals surface area contributed by atoms with Gasteiger partial charge in [0.1, 0.15) is 5.82 Å². The lowest BCUT2D eigenvalue weighted by Crippen LogP contribution is -2.43. The number of fused-ring (bicyclic) bond motifs is 1. The van der Waals surface area contributed by atoms with E-state index in [9.17, 15) is 4.79 Å². The highest BCUT2D eigenvalue weighted by atomic mass is 16.5. The number of carbonyl (C=O) groups excluding carboxylic acids is 1. The Bertz CT molecular complexity index is 1030. The van der Waals surface area contributed by atoms with E-state index in [2.05, 4.69) is 44.5 Å². The summed E-state index contributed by atoms with van der Waals surface area (Å²) in [6, 6.07) is 18.6. The molecule has 0 unspecified atom stereocenters. The Morgan fingerprint density at radius 2 is 2.03 bits per heavy atom. The Balaban J connectivity index is 1.23. The van der Waals surface area contributed by atoms with Gasteiger partial charge >= 0.3 is 0 Å². The third kappa shape index (κ3) is 3.88. The molecule has 1 amide bonds. The fourth-order valence-electron chi connectivity index (χ4n) is 4.51. The van der Waals surface area contributed by atoms with Gasteiger partial charge in [-0.1, -0.05) is 42.5 Å². The van der Waals surface area contributed by atoms with Gasteiger partial charge < -0.3 is 15.0 Å². The molecule has 2 fully saturated rings. The molecule has 3 aromatic rings. The molecule has 2 aromatic carbocycles. The van der Waals surface area contributed by atoms with Gasteiger partial charge in [-0.05, 0) is 31.0 Å². The first-order chi connectivity index (χ1) is 14.7. The van der Waals surface area contributed by atoms with Crippen LogP contribution in [0.2, 0.25) is 0 Å². The summed E-state index contributed by atoms with van der Waals surface area (Å²) in [4.78, 5) is 22.8. The normalized spacial score (nSPS) is 23.8. The van der Waals surface area contributed by atoms with Crippen LogP contribution in [-0.2, 0) is 4.74 Å². The summed E-state index contributed by atoms with van der Waals surface area (Å²) in [5, 5.41) is 3.23. The van der Waals surface area contributed by atoms with Gasteiger partial charge in [-0.2, -0.15) is 0 Å². The summed E-state index contributed by atoms with van der Waals surface area (Å²) < 4.78 is 6.12. The SMILES string of the molecule is Cc1ncc(-c2cccc(C(=O)N[C@@H]3C[C@H]4CO[C@@H](c5ccccc5)CN4C3)c2)[nH]1. The maximum absolute atomic E-state index is 12.9. The van der Waals surface area contributed by atoms with Crippen LogP contribution in [0.25, 0.3) is 11.3 Å². The minimum absolute atomic E-state index is 0.0292. The van der Waals surface area contributed by atoms with Crippen molar-refractivity contribution in [3.8, 4) is 11.3 Å². The second-order valence-electron chi connectivity index (χ2n) is 8.21. The van der Waals surface area contributed by atoms with E-state index in [1.807, 2.05) is 37.3 Å². The van der Waals surface area contributed by atoms with Gasteiger partial charge in [0.05, 0.1) is 24.6 Å². The summed E-state index contributed by atoms with van der Waals surface area (Å²) in [7, 11) is 0. The van der Waals surface area contributed by atoms with Crippen LogP contribution < -0.4 is 5.32 Å². The lowest BCUT2D eigenvalue weighted by atomic mass is 10.1. The summed E-state index contributed by atoms with van der Waals surface area (Å²) >= 11 is 0. The number of aryl methyl sites for hydroxylation is 1.